The van der Waals surface area contributed by atoms with E-state index in [1.54, 1.807) is 0 Å². The predicted octanol–water partition coefficient (Wildman–Crippen LogP) is 2.38. The summed E-state index contributed by atoms with van der Waals surface area (Å²) in [5.74, 6) is 0.467. The Kier molecular flexibility index (Phi) is 3.57. The Morgan fingerprint density at radius 3 is 2.41 bits per heavy atom. The van der Waals surface area contributed by atoms with Gasteiger partial charge in [-0.15, -0.1) is 5.10 Å². The van der Waals surface area contributed by atoms with Crippen LogP contribution in [-0.2, 0) is 0 Å². The molecule has 4 N–H and O–H groups in total. The van der Waals surface area contributed by atoms with Crippen LogP contribution < -0.4 is 16.5 Å². The molecule has 0 unspecified atom stereocenters. The number of para-hydroxylation sites is 1. The van der Waals surface area contributed by atoms with Gasteiger partial charge in [0, 0.05) is 5.69 Å². The number of nitrogens with two attached hydrogens (primary N) is 1. The summed E-state index contributed by atoms with van der Waals surface area (Å²) in [5.41, 5.74) is 8.69. The summed E-state index contributed by atoms with van der Waals surface area (Å²) < 4.78 is 1.46. The second kappa shape index (κ2) is 5.69. The Balaban J connectivity index is 2.01. The quantitative estimate of drug-likeness (QED) is 0.691. The maximum Gasteiger partial charge on any atom is 0.247 e. The van der Waals surface area contributed by atoms with E-state index in [9.17, 15) is 0 Å². The van der Waals surface area contributed by atoms with E-state index in [0.717, 1.165) is 11.4 Å². The van der Waals surface area contributed by atoms with Crippen molar-refractivity contribution in [3.8, 4) is 5.69 Å². The van der Waals surface area contributed by atoms with Crippen LogP contribution in [0, 0.1) is 12.3 Å². The van der Waals surface area contributed by atoms with Gasteiger partial charge in [0.2, 0.25) is 5.95 Å². The molecule has 1 aromatic heterocycles. The smallest absolute Gasteiger partial charge is 0.247 e. The van der Waals surface area contributed by atoms with Gasteiger partial charge in [-0.2, -0.15) is 4.98 Å². The van der Waals surface area contributed by atoms with Crippen LogP contribution in [0.4, 0.5) is 17.5 Å². The van der Waals surface area contributed by atoms with Gasteiger partial charge in [-0.05, 0) is 31.2 Å². The lowest BCUT2D eigenvalue weighted by molar-refractivity contribution is 0.761. The van der Waals surface area contributed by atoms with Crippen molar-refractivity contribution in [2.45, 2.75) is 6.92 Å². The molecule has 1 heterocycles. The molecule has 3 aromatic rings. The molecule has 0 aliphatic rings. The molecule has 6 heteroatoms. The Morgan fingerprint density at radius 1 is 1.05 bits per heavy atom. The molecule has 0 amide bonds. The minimum atomic E-state index is 0.0562. The molecular weight excluding hydrogens is 276 g/mol. The van der Waals surface area contributed by atoms with Crippen LogP contribution in [0.1, 0.15) is 5.56 Å². The van der Waals surface area contributed by atoms with E-state index in [1.165, 1.54) is 10.2 Å². The minimum Gasteiger partial charge on any atom is -0.380 e. The predicted molar refractivity (Wildman–Crippen MR) is 86.1 cm³/mol. The summed E-state index contributed by atoms with van der Waals surface area (Å²) in [7, 11) is 0. The molecule has 22 heavy (non-hydrogen) atoms. The first-order valence-corrected chi connectivity index (χ1v) is 6.84. The third-order valence-corrected chi connectivity index (χ3v) is 3.18. The van der Waals surface area contributed by atoms with Crippen molar-refractivity contribution in [3.05, 3.63) is 65.6 Å². The summed E-state index contributed by atoms with van der Waals surface area (Å²) in [6, 6.07) is 17.3. The molecule has 0 aliphatic carbocycles. The van der Waals surface area contributed by atoms with E-state index in [0.29, 0.717) is 5.95 Å². The van der Waals surface area contributed by atoms with Crippen molar-refractivity contribution >= 4 is 17.5 Å². The molecule has 3 rings (SSSR count). The SMILES string of the molecule is Cc1ccc(Nc2nc(N)c(=N)n(-c3ccccc3)n2)cc1. The first-order valence-electron chi connectivity index (χ1n) is 6.84. The summed E-state index contributed by atoms with van der Waals surface area (Å²) >= 11 is 0. The standard InChI is InChI=1S/C16H16N6/c1-11-7-9-12(10-8-11)19-16-20-14(17)15(18)22(21-16)13-5-3-2-4-6-13/h2-10,18H,1H3,(H3,17,19,20,21). The number of rotatable bonds is 3. The summed E-state index contributed by atoms with van der Waals surface area (Å²) in [6.07, 6.45) is 0. The van der Waals surface area contributed by atoms with Crippen LogP contribution in [0.15, 0.2) is 54.6 Å². The van der Waals surface area contributed by atoms with Crippen LogP contribution in [0.25, 0.3) is 5.69 Å². The van der Waals surface area contributed by atoms with E-state index < -0.39 is 0 Å². The van der Waals surface area contributed by atoms with Crippen molar-refractivity contribution < 1.29 is 0 Å². The Hall–Kier alpha value is -3.15. The number of hydrogen-bond acceptors (Lipinski definition) is 5. The van der Waals surface area contributed by atoms with Gasteiger partial charge in [-0.1, -0.05) is 35.9 Å². The normalized spacial score (nSPS) is 10.4. The van der Waals surface area contributed by atoms with Crippen molar-refractivity contribution in [1.82, 2.24) is 14.8 Å². The highest BCUT2D eigenvalue weighted by Crippen LogP contribution is 2.14. The second-order valence-electron chi connectivity index (χ2n) is 4.91. The fourth-order valence-corrected chi connectivity index (χ4v) is 2.02. The molecule has 6 nitrogen and oxygen atoms in total. The number of hydrogen-bond donors (Lipinski definition) is 3. The Morgan fingerprint density at radius 2 is 1.73 bits per heavy atom. The lowest BCUT2D eigenvalue weighted by atomic mass is 10.2. The molecular formula is C16H16N6. The number of aromatic nitrogens is 3. The Labute approximate surface area is 127 Å². The summed E-state index contributed by atoms with van der Waals surface area (Å²) in [6.45, 7) is 2.02. The van der Waals surface area contributed by atoms with Gasteiger partial charge < -0.3 is 11.1 Å². The van der Waals surface area contributed by atoms with Crippen molar-refractivity contribution in [1.29, 1.82) is 5.41 Å². The molecule has 110 valence electrons. The van der Waals surface area contributed by atoms with Crippen LogP contribution in [0.2, 0.25) is 0 Å². The van der Waals surface area contributed by atoms with Crippen LogP contribution in [0.3, 0.4) is 0 Å². The number of benzene rings is 2. The lowest BCUT2D eigenvalue weighted by Crippen LogP contribution is -2.26. The van der Waals surface area contributed by atoms with Gasteiger partial charge in [0.25, 0.3) is 0 Å². The largest absolute Gasteiger partial charge is 0.380 e. The van der Waals surface area contributed by atoms with Gasteiger partial charge in [0.1, 0.15) is 0 Å². The van der Waals surface area contributed by atoms with Gasteiger partial charge in [-0.3, -0.25) is 5.41 Å². The van der Waals surface area contributed by atoms with Gasteiger partial charge in [0.15, 0.2) is 11.3 Å². The molecule has 0 fully saturated rings. The van der Waals surface area contributed by atoms with Gasteiger partial charge in [0.05, 0.1) is 5.69 Å². The van der Waals surface area contributed by atoms with E-state index in [4.69, 9.17) is 11.1 Å². The van der Waals surface area contributed by atoms with Crippen LogP contribution in [-0.4, -0.2) is 14.8 Å². The topological polar surface area (TPSA) is 92.6 Å². The van der Waals surface area contributed by atoms with Crippen molar-refractivity contribution in [2.75, 3.05) is 11.1 Å². The van der Waals surface area contributed by atoms with E-state index in [1.807, 2.05) is 61.5 Å². The molecule has 0 saturated carbocycles. The molecule has 0 spiro atoms. The molecule has 0 atom stereocenters. The average molecular weight is 292 g/mol. The zero-order valence-electron chi connectivity index (χ0n) is 12.1. The zero-order chi connectivity index (χ0) is 15.5. The third kappa shape index (κ3) is 2.80. The Bertz CT molecular complexity index is 837. The number of anilines is 3. The van der Waals surface area contributed by atoms with Crippen molar-refractivity contribution in [2.24, 2.45) is 0 Å². The van der Waals surface area contributed by atoms with Crippen LogP contribution >= 0.6 is 0 Å². The molecule has 0 radical (unpaired) electrons. The monoisotopic (exact) mass is 292 g/mol. The van der Waals surface area contributed by atoms with Gasteiger partial charge >= 0.3 is 0 Å². The lowest BCUT2D eigenvalue weighted by Gasteiger charge is -2.10. The maximum absolute atomic E-state index is 8.02. The molecule has 0 saturated heterocycles. The number of nitrogen functional groups attached to an aromatic ring is 1. The van der Waals surface area contributed by atoms with E-state index in [-0.39, 0.29) is 11.3 Å². The van der Waals surface area contributed by atoms with Crippen molar-refractivity contribution in [3.63, 3.8) is 0 Å². The highest BCUT2D eigenvalue weighted by Gasteiger charge is 2.07. The first kappa shape index (κ1) is 13.8. The number of aryl methyl sites for hydroxylation is 1. The highest BCUT2D eigenvalue weighted by molar-refractivity contribution is 5.54. The second-order valence-corrected chi connectivity index (χ2v) is 4.91. The van der Waals surface area contributed by atoms with Gasteiger partial charge in [-0.25, -0.2) is 4.68 Å². The third-order valence-electron chi connectivity index (χ3n) is 3.18. The van der Waals surface area contributed by atoms with E-state index in [2.05, 4.69) is 15.4 Å². The van der Waals surface area contributed by atoms with Crippen LogP contribution in [0.5, 0.6) is 0 Å². The fourth-order valence-electron chi connectivity index (χ4n) is 2.02. The highest BCUT2D eigenvalue weighted by atomic mass is 15.4. The number of nitrogens with one attached hydrogen (secondary N) is 2. The average Bonchev–Trinajstić information content (AvgIpc) is 2.54. The molecule has 0 aliphatic heterocycles. The molecule has 0 bridgehead atoms. The minimum absolute atomic E-state index is 0.0562. The molecule has 2 aromatic carbocycles. The summed E-state index contributed by atoms with van der Waals surface area (Å²) in [4.78, 5) is 4.12. The number of nitrogens with zero attached hydrogens (tertiary/aromatic N) is 3. The fraction of sp³-hybridized carbons (Fsp3) is 0.0625. The zero-order valence-corrected chi connectivity index (χ0v) is 12.1. The summed E-state index contributed by atoms with van der Waals surface area (Å²) in [5, 5.41) is 15.5. The maximum atomic E-state index is 8.02. The first-order chi connectivity index (χ1) is 10.6. The van der Waals surface area contributed by atoms with E-state index >= 15 is 0 Å².